The van der Waals surface area contributed by atoms with E-state index < -0.39 is 12.7 Å². The topological polar surface area (TPSA) is 39.7 Å². The van der Waals surface area contributed by atoms with Crippen molar-refractivity contribution < 1.29 is 13.2 Å². The lowest BCUT2D eigenvalue weighted by molar-refractivity contribution is -0.143. The first-order valence-corrected chi connectivity index (χ1v) is 8.13. The molecular formula is C14H24F3IN4S. The molecule has 1 aromatic heterocycles. The van der Waals surface area contributed by atoms with E-state index in [4.69, 9.17) is 0 Å². The van der Waals surface area contributed by atoms with Crippen LogP contribution in [0.4, 0.5) is 13.2 Å². The fourth-order valence-electron chi connectivity index (χ4n) is 1.84. The molecule has 1 rings (SSSR count). The number of aliphatic imine (C=N–C) groups is 1. The number of guanidine groups is 1. The number of halogens is 4. The lowest BCUT2D eigenvalue weighted by Crippen LogP contribution is -2.39. The molecule has 0 aliphatic rings. The zero-order valence-corrected chi connectivity index (χ0v) is 16.5. The van der Waals surface area contributed by atoms with E-state index in [1.165, 1.54) is 11.9 Å². The summed E-state index contributed by atoms with van der Waals surface area (Å²) in [6.45, 7) is 3.39. The summed E-state index contributed by atoms with van der Waals surface area (Å²) in [5.41, 5.74) is 1.15. The summed E-state index contributed by atoms with van der Waals surface area (Å²) in [4.78, 5) is 5.71. The molecule has 23 heavy (non-hydrogen) atoms. The third-order valence-electron chi connectivity index (χ3n) is 2.80. The van der Waals surface area contributed by atoms with E-state index in [1.807, 2.05) is 23.8 Å². The first-order valence-electron chi connectivity index (χ1n) is 7.19. The number of hydrogen-bond acceptors (Lipinski definition) is 3. The molecule has 0 aliphatic heterocycles. The molecule has 9 heteroatoms. The van der Waals surface area contributed by atoms with Crippen LogP contribution in [0.25, 0.3) is 0 Å². The Morgan fingerprint density at radius 1 is 1.35 bits per heavy atom. The van der Waals surface area contributed by atoms with Gasteiger partial charge in [0.1, 0.15) is 0 Å². The summed E-state index contributed by atoms with van der Waals surface area (Å²) in [7, 11) is 1.48. The van der Waals surface area contributed by atoms with Gasteiger partial charge in [0.15, 0.2) is 5.96 Å². The third kappa shape index (κ3) is 11.6. The maximum Gasteiger partial charge on any atom is 0.401 e. The minimum atomic E-state index is -4.14. The molecule has 0 aromatic carbocycles. The molecule has 0 unspecified atom stereocenters. The molecule has 134 valence electrons. The van der Waals surface area contributed by atoms with Crippen molar-refractivity contribution in [2.75, 3.05) is 33.2 Å². The van der Waals surface area contributed by atoms with Crippen molar-refractivity contribution in [2.45, 2.75) is 26.1 Å². The number of nitrogens with zero attached hydrogens (tertiary/aromatic N) is 2. The highest BCUT2D eigenvalue weighted by Crippen LogP contribution is 2.15. The van der Waals surface area contributed by atoms with Gasteiger partial charge in [-0.3, -0.25) is 4.90 Å². The summed E-state index contributed by atoms with van der Waals surface area (Å²) in [6, 6.07) is 2.02. The van der Waals surface area contributed by atoms with E-state index in [2.05, 4.69) is 15.6 Å². The molecule has 0 atom stereocenters. The second-order valence-electron chi connectivity index (χ2n) is 4.96. The van der Waals surface area contributed by atoms with Crippen LogP contribution in [0, 0.1) is 0 Å². The maximum atomic E-state index is 12.2. The van der Waals surface area contributed by atoms with E-state index in [0.29, 0.717) is 32.0 Å². The Morgan fingerprint density at radius 3 is 2.65 bits per heavy atom. The summed E-state index contributed by atoms with van der Waals surface area (Å²) < 4.78 is 36.6. The summed E-state index contributed by atoms with van der Waals surface area (Å²) in [5, 5.41) is 10.3. The molecule has 0 amide bonds. The highest BCUT2D eigenvalue weighted by molar-refractivity contribution is 14.0. The average molecular weight is 464 g/mol. The van der Waals surface area contributed by atoms with Crippen LogP contribution in [0.5, 0.6) is 0 Å². The fourth-order valence-corrected chi connectivity index (χ4v) is 2.50. The summed E-state index contributed by atoms with van der Waals surface area (Å²) in [6.07, 6.45) is -3.52. The van der Waals surface area contributed by atoms with Crippen LogP contribution in [0.3, 0.4) is 0 Å². The highest BCUT2D eigenvalue weighted by Gasteiger charge is 2.28. The molecule has 0 aliphatic carbocycles. The van der Waals surface area contributed by atoms with Crippen molar-refractivity contribution in [3.8, 4) is 0 Å². The van der Waals surface area contributed by atoms with Crippen molar-refractivity contribution in [1.82, 2.24) is 15.5 Å². The molecule has 4 nitrogen and oxygen atoms in total. The monoisotopic (exact) mass is 464 g/mol. The Morgan fingerprint density at radius 2 is 2.09 bits per heavy atom. The second-order valence-corrected chi connectivity index (χ2v) is 5.74. The zero-order valence-electron chi connectivity index (χ0n) is 13.3. The molecule has 0 bridgehead atoms. The smallest absolute Gasteiger partial charge is 0.357 e. The van der Waals surface area contributed by atoms with E-state index in [9.17, 15) is 13.2 Å². The van der Waals surface area contributed by atoms with Crippen molar-refractivity contribution >= 4 is 41.3 Å². The molecule has 0 fully saturated rings. The van der Waals surface area contributed by atoms with Gasteiger partial charge in [0.2, 0.25) is 0 Å². The van der Waals surface area contributed by atoms with Crippen LogP contribution < -0.4 is 10.6 Å². The molecule has 0 radical (unpaired) electrons. The Kier molecular flexibility index (Phi) is 11.6. The van der Waals surface area contributed by atoms with E-state index in [1.54, 1.807) is 11.3 Å². The normalized spacial score (nSPS) is 12.2. The van der Waals surface area contributed by atoms with Crippen LogP contribution >= 0.6 is 35.3 Å². The minimum absolute atomic E-state index is 0. The molecule has 1 aromatic rings. The number of nitrogens with one attached hydrogen (secondary N) is 2. The average Bonchev–Trinajstić information content (AvgIpc) is 2.92. The van der Waals surface area contributed by atoms with Gasteiger partial charge >= 0.3 is 6.18 Å². The Hall–Kier alpha value is -0.550. The van der Waals surface area contributed by atoms with Crippen molar-refractivity contribution in [1.29, 1.82) is 0 Å². The molecule has 0 saturated carbocycles. The molecule has 2 N–H and O–H groups in total. The Labute approximate surface area is 156 Å². The standard InChI is InChI=1S/C14H23F3N4S.HI/c1-3-18-13(20-9-12-5-8-22-10-12)19-6-4-7-21(2)11-14(15,16)17;/h5,8,10H,3-4,6-7,9,11H2,1-2H3,(H2,18,19,20);1H. The second kappa shape index (κ2) is 11.9. The molecule has 0 saturated heterocycles. The molecular weight excluding hydrogens is 440 g/mol. The highest BCUT2D eigenvalue weighted by atomic mass is 127. The maximum absolute atomic E-state index is 12.2. The van der Waals surface area contributed by atoms with Gasteiger partial charge in [-0.1, -0.05) is 0 Å². The quantitative estimate of drug-likeness (QED) is 0.269. The minimum Gasteiger partial charge on any atom is -0.357 e. The SMILES string of the molecule is CCNC(=NCc1ccsc1)NCCCN(C)CC(F)(F)F.I. The van der Waals surface area contributed by atoms with E-state index in [-0.39, 0.29) is 24.0 Å². The molecule has 1 heterocycles. The lowest BCUT2D eigenvalue weighted by atomic mass is 10.3. The lowest BCUT2D eigenvalue weighted by Gasteiger charge is -2.18. The van der Waals surface area contributed by atoms with Crippen LogP contribution in [-0.4, -0.2) is 50.3 Å². The van der Waals surface area contributed by atoms with Crippen LogP contribution in [0.15, 0.2) is 21.8 Å². The third-order valence-corrected chi connectivity index (χ3v) is 3.53. The fraction of sp³-hybridized carbons (Fsp3) is 0.643. The van der Waals surface area contributed by atoms with Crippen molar-refractivity contribution in [3.63, 3.8) is 0 Å². The van der Waals surface area contributed by atoms with Gasteiger partial charge in [0.05, 0.1) is 13.1 Å². The predicted octanol–water partition coefficient (Wildman–Crippen LogP) is 3.31. The molecule has 0 spiro atoms. The first kappa shape index (κ1) is 22.4. The summed E-state index contributed by atoms with van der Waals surface area (Å²) in [5.74, 6) is 0.687. The number of thiophene rings is 1. The van der Waals surface area contributed by atoms with Gasteiger partial charge in [0, 0.05) is 13.1 Å². The van der Waals surface area contributed by atoms with Crippen LogP contribution in [0.2, 0.25) is 0 Å². The Balaban J connectivity index is 0.00000484. The van der Waals surface area contributed by atoms with Gasteiger partial charge in [-0.05, 0) is 49.3 Å². The van der Waals surface area contributed by atoms with E-state index >= 15 is 0 Å². The first-order chi connectivity index (χ1) is 10.4. The van der Waals surface area contributed by atoms with E-state index in [0.717, 1.165) is 12.1 Å². The van der Waals surface area contributed by atoms with Crippen LogP contribution in [0.1, 0.15) is 18.9 Å². The number of rotatable bonds is 8. The van der Waals surface area contributed by atoms with Crippen LogP contribution in [-0.2, 0) is 6.54 Å². The van der Waals surface area contributed by atoms with Gasteiger partial charge in [0.25, 0.3) is 0 Å². The van der Waals surface area contributed by atoms with Crippen molar-refractivity contribution in [3.05, 3.63) is 22.4 Å². The van der Waals surface area contributed by atoms with Crippen molar-refractivity contribution in [2.24, 2.45) is 4.99 Å². The van der Waals surface area contributed by atoms with Gasteiger partial charge in [-0.25, -0.2) is 4.99 Å². The number of hydrogen-bond donors (Lipinski definition) is 2. The zero-order chi connectivity index (χ0) is 16.4. The largest absolute Gasteiger partial charge is 0.401 e. The van der Waals surface area contributed by atoms with Gasteiger partial charge in [-0.15, -0.1) is 24.0 Å². The summed E-state index contributed by atoms with van der Waals surface area (Å²) >= 11 is 1.63. The Bertz CT molecular complexity index is 438. The van der Waals surface area contributed by atoms with Gasteiger partial charge < -0.3 is 10.6 Å². The number of alkyl halides is 3. The predicted molar refractivity (Wildman–Crippen MR) is 101 cm³/mol. The van der Waals surface area contributed by atoms with Gasteiger partial charge in [-0.2, -0.15) is 24.5 Å².